The van der Waals surface area contributed by atoms with Crippen molar-refractivity contribution in [1.82, 2.24) is 10.2 Å². The van der Waals surface area contributed by atoms with E-state index in [1.807, 2.05) is 0 Å². The first-order chi connectivity index (χ1) is 9.52. The monoisotopic (exact) mass is 276 g/mol. The Bertz CT molecular complexity index is 346. The molecule has 0 saturated carbocycles. The summed E-state index contributed by atoms with van der Waals surface area (Å²) in [5.41, 5.74) is 1.43. The average molecular weight is 276 g/mol. The minimum absolute atomic E-state index is 0.576. The number of nitrogens with zero attached hydrogens (tertiary/aromatic N) is 1. The molecule has 0 aliphatic heterocycles. The number of rotatable bonds is 9. The Hall–Kier alpha value is -0.860. The van der Waals surface area contributed by atoms with Gasteiger partial charge in [-0.25, -0.2) is 0 Å². The van der Waals surface area contributed by atoms with Crippen LogP contribution in [-0.2, 0) is 6.42 Å². The highest BCUT2D eigenvalue weighted by molar-refractivity contribution is 5.15. The molecular formula is C18H32N2. The summed E-state index contributed by atoms with van der Waals surface area (Å²) in [5.74, 6) is 0.749. The van der Waals surface area contributed by atoms with Crippen molar-refractivity contribution in [2.75, 3.05) is 20.6 Å². The number of likely N-dealkylation sites (N-methyl/N-ethyl adjacent to an activating group) is 1. The van der Waals surface area contributed by atoms with Crippen molar-refractivity contribution < 1.29 is 0 Å². The van der Waals surface area contributed by atoms with E-state index in [2.05, 4.69) is 75.4 Å². The molecular weight excluding hydrogens is 244 g/mol. The normalized spacial score (nSPS) is 14.8. The van der Waals surface area contributed by atoms with Crippen molar-refractivity contribution >= 4 is 0 Å². The van der Waals surface area contributed by atoms with Crippen molar-refractivity contribution in [3.05, 3.63) is 35.9 Å². The molecule has 1 aromatic rings. The molecule has 0 aliphatic rings. The summed E-state index contributed by atoms with van der Waals surface area (Å²) >= 11 is 0. The van der Waals surface area contributed by atoms with E-state index in [0.717, 1.165) is 18.9 Å². The Kier molecular flexibility index (Phi) is 7.86. The van der Waals surface area contributed by atoms with Gasteiger partial charge in [0.15, 0.2) is 0 Å². The Labute approximate surface area is 125 Å². The molecule has 2 heteroatoms. The zero-order chi connectivity index (χ0) is 15.0. The SMILES string of the molecule is CCC(Cc1ccccc1)NCC(CC(C)C)N(C)C. The van der Waals surface area contributed by atoms with Crippen LogP contribution in [-0.4, -0.2) is 37.6 Å². The summed E-state index contributed by atoms with van der Waals surface area (Å²) in [4.78, 5) is 2.35. The van der Waals surface area contributed by atoms with Crippen LogP contribution >= 0.6 is 0 Å². The van der Waals surface area contributed by atoms with Gasteiger partial charge in [0.2, 0.25) is 0 Å². The van der Waals surface area contributed by atoms with Gasteiger partial charge >= 0.3 is 0 Å². The largest absolute Gasteiger partial charge is 0.312 e. The predicted octanol–water partition coefficient (Wildman–Crippen LogP) is 3.57. The fourth-order valence-electron chi connectivity index (χ4n) is 2.58. The molecule has 1 N–H and O–H groups in total. The maximum Gasteiger partial charge on any atom is 0.0217 e. The van der Waals surface area contributed by atoms with E-state index < -0.39 is 0 Å². The lowest BCUT2D eigenvalue weighted by Gasteiger charge is -2.28. The predicted molar refractivity (Wildman–Crippen MR) is 89.2 cm³/mol. The minimum Gasteiger partial charge on any atom is -0.312 e. The molecule has 2 atom stereocenters. The van der Waals surface area contributed by atoms with Crippen LogP contribution in [0.3, 0.4) is 0 Å². The van der Waals surface area contributed by atoms with Gasteiger partial charge in [0, 0.05) is 18.6 Å². The zero-order valence-corrected chi connectivity index (χ0v) is 13.9. The summed E-state index contributed by atoms with van der Waals surface area (Å²) in [6.07, 6.45) is 3.55. The maximum atomic E-state index is 3.76. The van der Waals surface area contributed by atoms with Crippen molar-refractivity contribution in [3.63, 3.8) is 0 Å². The van der Waals surface area contributed by atoms with Gasteiger partial charge in [-0.3, -0.25) is 0 Å². The molecule has 0 heterocycles. The van der Waals surface area contributed by atoms with Crippen LogP contribution in [0, 0.1) is 5.92 Å². The van der Waals surface area contributed by atoms with Crippen molar-refractivity contribution in [3.8, 4) is 0 Å². The third kappa shape index (κ3) is 6.53. The molecule has 0 radical (unpaired) electrons. The Morgan fingerprint density at radius 3 is 2.25 bits per heavy atom. The Morgan fingerprint density at radius 1 is 1.10 bits per heavy atom. The molecule has 2 nitrogen and oxygen atoms in total. The first-order valence-electron chi connectivity index (χ1n) is 7.96. The van der Waals surface area contributed by atoms with Gasteiger partial charge in [0.05, 0.1) is 0 Å². The van der Waals surface area contributed by atoms with Gasteiger partial charge in [-0.2, -0.15) is 0 Å². The van der Waals surface area contributed by atoms with Crippen LogP contribution in [0.4, 0.5) is 0 Å². The van der Waals surface area contributed by atoms with Gasteiger partial charge in [0.25, 0.3) is 0 Å². The Morgan fingerprint density at radius 2 is 1.75 bits per heavy atom. The molecule has 0 aliphatic carbocycles. The Balaban J connectivity index is 2.47. The number of nitrogens with one attached hydrogen (secondary N) is 1. The molecule has 114 valence electrons. The molecule has 1 rings (SSSR count). The maximum absolute atomic E-state index is 3.76. The summed E-state index contributed by atoms with van der Waals surface area (Å²) in [6, 6.07) is 12.0. The molecule has 1 aromatic carbocycles. The lowest BCUT2D eigenvalue weighted by Crippen LogP contribution is -2.43. The quantitative estimate of drug-likeness (QED) is 0.742. The first-order valence-corrected chi connectivity index (χ1v) is 7.96. The van der Waals surface area contributed by atoms with E-state index in [1.54, 1.807) is 0 Å². The number of benzene rings is 1. The van der Waals surface area contributed by atoms with Gasteiger partial charge in [-0.15, -0.1) is 0 Å². The highest BCUT2D eigenvalue weighted by Crippen LogP contribution is 2.10. The van der Waals surface area contributed by atoms with Crippen LogP contribution < -0.4 is 5.32 Å². The first kappa shape index (κ1) is 17.2. The topological polar surface area (TPSA) is 15.3 Å². The molecule has 0 saturated heterocycles. The number of hydrogen-bond acceptors (Lipinski definition) is 2. The molecule has 0 fully saturated rings. The highest BCUT2D eigenvalue weighted by Gasteiger charge is 2.15. The van der Waals surface area contributed by atoms with E-state index in [0.29, 0.717) is 12.1 Å². The van der Waals surface area contributed by atoms with E-state index >= 15 is 0 Å². The van der Waals surface area contributed by atoms with Crippen LogP contribution in [0.1, 0.15) is 39.2 Å². The molecule has 20 heavy (non-hydrogen) atoms. The van der Waals surface area contributed by atoms with E-state index in [1.165, 1.54) is 18.4 Å². The lowest BCUT2D eigenvalue weighted by molar-refractivity contribution is 0.239. The van der Waals surface area contributed by atoms with Gasteiger partial charge in [0.1, 0.15) is 0 Å². The van der Waals surface area contributed by atoms with E-state index in [9.17, 15) is 0 Å². The summed E-state index contributed by atoms with van der Waals surface area (Å²) in [6.45, 7) is 7.96. The second kappa shape index (κ2) is 9.15. The third-order valence-corrected chi connectivity index (χ3v) is 3.93. The van der Waals surface area contributed by atoms with Gasteiger partial charge in [-0.1, -0.05) is 51.1 Å². The van der Waals surface area contributed by atoms with Crippen LogP contribution in [0.2, 0.25) is 0 Å². The standard InChI is InChI=1S/C18H32N2/c1-6-17(13-16-10-8-7-9-11-16)19-14-18(20(4)5)12-15(2)3/h7-11,15,17-19H,6,12-14H2,1-5H3. The molecule has 2 unspecified atom stereocenters. The van der Waals surface area contributed by atoms with Crippen LogP contribution in [0.25, 0.3) is 0 Å². The van der Waals surface area contributed by atoms with Gasteiger partial charge in [-0.05, 0) is 44.8 Å². The fourth-order valence-corrected chi connectivity index (χ4v) is 2.58. The third-order valence-electron chi connectivity index (χ3n) is 3.93. The lowest BCUT2D eigenvalue weighted by atomic mass is 10.0. The zero-order valence-electron chi connectivity index (χ0n) is 13.9. The summed E-state index contributed by atoms with van der Waals surface area (Å²) < 4.78 is 0. The second-order valence-corrected chi connectivity index (χ2v) is 6.45. The average Bonchev–Trinajstić information content (AvgIpc) is 2.42. The molecule has 0 aromatic heterocycles. The summed E-state index contributed by atoms with van der Waals surface area (Å²) in [5, 5.41) is 3.76. The second-order valence-electron chi connectivity index (χ2n) is 6.45. The number of hydrogen-bond donors (Lipinski definition) is 1. The van der Waals surface area contributed by atoms with Crippen molar-refractivity contribution in [2.24, 2.45) is 5.92 Å². The van der Waals surface area contributed by atoms with Crippen LogP contribution in [0.15, 0.2) is 30.3 Å². The highest BCUT2D eigenvalue weighted by atomic mass is 15.1. The van der Waals surface area contributed by atoms with E-state index in [-0.39, 0.29) is 0 Å². The fraction of sp³-hybridized carbons (Fsp3) is 0.667. The van der Waals surface area contributed by atoms with Crippen LogP contribution in [0.5, 0.6) is 0 Å². The van der Waals surface area contributed by atoms with Crippen molar-refractivity contribution in [2.45, 2.75) is 52.1 Å². The molecule has 0 spiro atoms. The van der Waals surface area contributed by atoms with Crippen molar-refractivity contribution in [1.29, 1.82) is 0 Å². The summed E-state index contributed by atoms with van der Waals surface area (Å²) in [7, 11) is 4.37. The minimum atomic E-state index is 0.576. The van der Waals surface area contributed by atoms with E-state index in [4.69, 9.17) is 0 Å². The van der Waals surface area contributed by atoms with Gasteiger partial charge < -0.3 is 10.2 Å². The molecule has 0 bridgehead atoms. The molecule has 0 amide bonds. The smallest absolute Gasteiger partial charge is 0.0217 e.